The molecule has 0 atom stereocenters. The number of nitrogens with one attached hydrogen (secondary N) is 1. The number of alkyl halides is 2. The van der Waals surface area contributed by atoms with Gasteiger partial charge in [-0.2, -0.15) is 0 Å². The third-order valence-corrected chi connectivity index (χ3v) is 3.12. The van der Waals surface area contributed by atoms with Crippen molar-refractivity contribution in [3.05, 3.63) is 34.3 Å². The lowest BCUT2D eigenvalue weighted by molar-refractivity contribution is -0.132. The van der Waals surface area contributed by atoms with Crippen molar-refractivity contribution < 1.29 is 23.5 Å². The van der Waals surface area contributed by atoms with Crippen molar-refractivity contribution >= 4 is 27.7 Å². The van der Waals surface area contributed by atoms with E-state index in [4.69, 9.17) is 5.11 Å². The summed E-state index contributed by atoms with van der Waals surface area (Å²) in [4.78, 5) is 24.3. The average Bonchev–Trinajstić information content (AvgIpc) is 2.44. The van der Waals surface area contributed by atoms with Gasteiger partial charge in [-0.1, -0.05) is 15.9 Å². The topological polar surface area (TPSA) is 69.6 Å². The Kier molecular flexibility index (Phi) is 7.24. The Morgan fingerprint density at radius 2 is 1.90 bits per heavy atom. The molecule has 0 aliphatic heterocycles. The molecule has 1 aromatic carbocycles. The normalized spacial score (nSPS) is 10.5. The molecule has 0 aliphatic carbocycles. The first-order valence-corrected chi connectivity index (χ1v) is 6.94. The van der Waals surface area contributed by atoms with E-state index in [0.29, 0.717) is 5.56 Å². The van der Waals surface area contributed by atoms with Crippen LogP contribution < -0.4 is 5.32 Å². The van der Waals surface area contributed by atoms with E-state index < -0.39 is 37.9 Å². The van der Waals surface area contributed by atoms with E-state index in [1.165, 1.54) is 0 Å². The molecule has 0 saturated carbocycles. The fourth-order valence-corrected chi connectivity index (χ4v) is 1.84. The van der Waals surface area contributed by atoms with Crippen molar-refractivity contribution in [1.82, 2.24) is 10.2 Å². The molecule has 0 bridgehead atoms. The number of nitrogens with zero attached hydrogens (tertiary/aromatic N) is 1. The van der Waals surface area contributed by atoms with Gasteiger partial charge in [0.15, 0.2) is 0 Å². The van der Waals surface area contributed by atoms with E-state index in [-0.39, 0.29) is 6.54 Å². The first-order chi connectivity index (χ1) is 9.93. The number of aliphatic hydroxyl groups excluding tert-OH is 1. The number of amides is 2. The Morgan fingerprint density at radius 1 is 1.29 bits per heavy atom. The van der Waals surface area contributed by atoms with Crippen LogP contribution in [0.4, 0.5) is 8.78 Å². The third kappa shape index (κ3) is 6.17. The summed E-state index contributed by atoms with van der Waals surface area (Å²) >= 11 is 3.23. The van der Waals surface area contributed by atoms with Crippen LogP contribution in [0.1, 0.15) is 10.4 Å². The zero-order valence-corrected chi connectivity index (χ0v) is 12.6. The maximum absolute atomic E-state index is 12.3. The standard InChI is InChI=1S/C13H15BrF2N2O3/c14-10-3-1-9(2-4-10)13(21)17-7-12(20)18(5-6-19)8-11(15)16/h1-4,11,19H,5-8H2,(H,17,21). The molecule has 1 rings (SSSR count). The minimum absolute atomic E-state index is 0.197. The summed E-state index contributed by atoms with van der Waals surface area (Å²) in [5, 5.41) is 11.1. The van der Waals surface area contributed by atoms with Gasteiger partial charge in [0.05, 0.1) is 19.7 Å². The van der Waals surface area contributed by atoms with Crippen LogP contribution in [-0.4, -0.2) is 54.5 Å². The van der Waals surface area contributed by atoms with Gasteiger partial charge in [-0.3, -0.25) is 9.59 Å². The molecule has 0 radical (unpaired) electrons. The predicted octanol–water partition coefficient (Wildman–Crippen LogP) is 1.26. The summed E-state index contributed by atoms with van der Waals surface area (Å²) in [7, 11) is 0. The Hall–Kier alpha value is -1.54. The number of halogens is 3. The van der Waals surface area contributed by atoms with Crippen LogP contribution in [0.2, 0.25) is 0 Å². The molecule has 2 amide bonds. The number of carbonyl (C=O) groups excluding carboxylic acids is 2. The smallest absolute Gasteiger partial charge is 0.255 e. The largest absolute Gasteiger partial charge is 0.395 e. The summed E-state index contributed by atoms with van der Waals surface area (Å²) in [6.45, 7) is -1.79. The van der Waals surface area contributed by atoms with Crippen molar-refractivity contribution in [2.24, 2.45) is 0 Å². The monoisotopic (exact) mass is 364 g/mol. The molecule has 8 heteroatoms. The first-order valence-electron chi connectivity index (χ1n) is 6.14. The molecule has 0 heterocycles. The van der Waals surface area contributed by atoms with Crippen LogP contribution in [0.5, 0.6) is 0 Å². The lowest BCUT2D eigenvalue weighted by Gasteiger charge is -2.21. The summed E-state index contributed by atoms with van der Waals surface area (Å²) < 4.78 is 25.4. The number of hydrogen-bond donors (Lipinski definition) is 2. The van der Waals surface area contributed by atoms with Crippen LogP contribution in [-0.2, 0) is 4.79 Å². The molecule has 0 aliphatic rings. The summed E-state index contributed by atoms with van der Waals surface area (Å²) in [6.07, 6.45) is -2.69. The van der Waals surface area contributed by atoms with Crippen LogP contribution >= 0.6 is 15.9 Å². The second kappa shape index (κ2) is 8.68. The number of aliphatic hydroxyl groups is 1. The molecule has 0 saturated heterocycles. The van der Waals surface area contributed by atoms with Gasteiger partial charge < -0.3 is 15.3 Å². The number of carbonyl (C=O) groups is 2. The highest BCUT2D eigenvalue weighted by molar-refractivity contribution is 9.10. The van der Waals surface area contributed by atoms with Gasteiger partial charge in [0.1, 0.15) is 0 Å². The molecule has 116 valence electrons. The predicted molar refractivity (Wildman–Crippen MR) is 76.1 cm³/mol. The molecule has 0 unspecified atom stereocenters. The molecule has 5 nitrogen and oxygen atoms in total. The second-order valence-corrected chi connectivity index (χ2v) is 5.06. The fourth-order valence-electron chi connectivity index (χ4n) is 1.58. The van der Waals surface area contributed by atoms with Gasteiger partial charge in [0.2, 0.25) is 5.91 Å². The van der Waals surface area contributed by atoms with Crippen molar-refractivity contribution in [3.8, 4) is 0 Å². The van der Waals surface area contributed by atoms with Crippen molar-refractivity contribution in [2.45, 2.75) is 6.43 Å². The second-order valence-electron chi connectivity index (χ2n) is 4.14. The zero-order valence-electron chi connectivity index (χ0n) is 11.1. The van der Waals surface area contributed by atoms with Gasteiger partial charge in [-0.15, -0.1) is 0 Å². The van der Waals surface area contributed by atoms with E-state index >= 15 is 0 Å². The molecule has 0 spiro atoms. The summed E-state index contributed by atoms with van der Waals surface area (Å²) in [6, 6.07) is 6.47. The Bertz CT molecular complexity index is 483. The minimum atomic E-state index is -2.69. The molecular weight excluding hydrogens is 350 g/mol. The highest BCUT2D eigenvalue weighted by Crippen LogP contribution is 2.10. The Labute approximate surface area is 129 Å². The highest BCUT2D eigenvalue weighted by atomic mass is 79.9. The van der Waals surface area contributed by atoms with Gasteiger partial charge in [-0.05, 0) is 24.3 Å². The fraction of sp³-hybridized carbons (Fsp3) is 0.385. The van der Waals surface area contributed by atoms with Crippen molar-refractivity contribution in [2.75, 3.05) is 26.2 Å². The maximum atomic E-state index is 12.3. The molecular formula is C13H15BrF2N2O3. The van der Waals surface area contributed by atoms with E-state index in [0.717, 1.165) is 9.37 Å². The zero-order chi connectivity index (χ0) is 15.8. The molecule has 0 fully saturated rings. The number of rotatable bonds is 7. The average molecular weight is 365 g/mol. The van der Waals surface area contributed by atoms with Gasteiger partial charge in [0.25, 0.3) is 12.3 Å². The third-order valence-electron chi connectivity index (χ3n) is 2.59. The minimum Gasteiger partial charge on any atom is -0.395 e. The maximum Gasteiger partial charge on any atom is 0.255 e. The van der Waals surface area contributed by atoms with Crippen LogP contribution in [0.3, 0.4) is 0 Å². The van der Waals surface area contributed by atoms with Crippen molar-refractivity contribution in [1.29, 1.82) is 0 Å². The van der Waals surface area contributed by atoms with Crippen molar-refractivity contribution in [3.63, 3.8) is 0 Å². The summed E-state index contributed by atoms with van der Waals surface area (Å²) in [5.41, 5.74) is 0.355. The van der Waals surface area contributed by atoms with E-state index in [1.807, 2.05) is 0 Å². The molecule has 21 heavy (non-hydrogen) atoms. The van der Waals surface area contributed by atoms with E-state index in [1.54, 1.807) is 24.3 Å². The Morgan fingerprint density at radius 3 is 2.43 bits per heavy atom. The van der Waals surface area contributed by atoms with Gasteiger partial charge >= 0.3 is 0 Å². The number of benzene rings is 1. The van der Waals surface area contributed by atoms with Crippen LogP contribution in [0.25, 0.3) is 0 Å². The molecule has 1 aromatic rings. The first kappa shape index (κ1) is 17.5. The van der Waals surface area contributed by atoms with Crippen LogP contribution in [0, 0.1) is 0 Å². The van der Waals surface area contributed by atoms with Crippen LogP contribution in [0.15, 0.2) is 28.7 Å². The quantitative estimate of drug-likeness (QED) is 0.765. The lowest BCUT2D eigenvalue weighted by atomic mass is 10.2. The molecule has 2 N–H and O–H groups in total. The lowest BCUT2D eigenvalue weighted by Crippen LogP contribution is -2.43. The number of hydrogen-bond acceptors (Lipinski definition) is 3. The van der Waals surface area contributed by atoms with Gasteiger partial charge in [0, 0.05) is 16.6 Å². The SMILES string of the molecule is O=C(NCC(=O)N(CCO)CC(F)F)c1ccc(Br)cc1. The Balaban J connectivity index is 2.53. The van der Waals surface area contributed by atoms with Gasteiger partial charge in [-0.25, -0.2) is 8.78 Å². The van der Waals surface area contributed by atoms with E-state index in [9.17, 15) is 18.4 Å². The van der Waals surface area contributed by atoms with E-state index in [2.05, 4.69) is 21.2 Å². The summed E-state index contributed by atoms with van der Waals surface area (Å²) in [5.74, 6) is -1.15. The molecule has 0 aromatic heterocycles. The highest BCUT2D eigenvalue weighted by Gasteiger charge is 2.18.